The Morgan fingerprint density at radius 3 is 2.30 bits per heavy atom. The van der Waals surface area contributed by atoms with Gasteiger partial charge in [0.2, 0.25) is 0 Å². The number of benzene rings is 1. The van der Waals surface area contributed by atoms with Crippen LogP contribution < -0.4 is 16.0 Å². The molecule has 0 aliphatic carbocycles. The molecule has 112 valence electrons. The van der Waals surface area contributed by atoms with Gasteiger partial charge >= 0.3 is 6.03 Å². The van der Waals surface area contributed by atoms with Gasteiger partial charge in [-0.05, 0) is 50.4 Å². The van der Waals surface area contributed by atoms with Crippen LogP contribution in [0.3, 0.4) is 0 Å². The Morgan fingerprint density at radius 1 is 1.10 bits per heavy atom. The van der Waals surface area contributed by atoms with Crippen molar-refractivity contribution in [1.82, 2.24) is 10.6 Å². The lowest BCUT2D eigenvalue weighted by atomic mass is 10.1. The highest BCUT2D eigenvalue weighted by Crippen LogP contribution is 2.09. The molecule has 2 amide bonds. The topological polar surface area (TPSA) is 53.2 Å². The summed E-state index contributed by atoms with van der Waals surface area (Å²) in [6.45, 7) is 10.2. The fourth-order valence-electron chi connectivity index (χ4n) is 1.76. The van der Waals surface area contributed by atoms with E-state index >= 15 is 0 Å². The van der Waals surface area contributed by atoms with Gasteiger partial charge < -0.3 is 16.0 Å². The zero-order chi connectivity index (χ0) is 15.0. The standard InChI is InChI=1S/C16H27N3O/c1-12(2)9-10-17-11-14-5-7-15(8-6-14)19-16(20)18-13(3)4/h5-8,12-13,17H,9-11H2,1-4H3,(H2,18,19,20). The minimum absolute atomic E-state index is 0.138. The first-order valence-electron chi connectivity index (χ1n) is 7.34. The second-order valence-electron chi connectivity index (χ2n) is 5.81. The number of hydrogen-bond donors (Lipinski definition) is 3. The summed E-state index contributed by atoms with van der Waals surface area (Å²) >= 11 is 0. The molecule has 0 spiro atoms. The minimum atomic E-state index is -0.164. The van der Waals surface area contributed by atoms with E-state index in [1.807, 2.05) is 38.1 Å². The van der Waals surface area contributed by atoms with Crippen LogP contribution in [0.1, 0.15) is 39.7 Å². The first-order chi connectivity index (χ1) is 9.47. The van der Waals surface area contributed by atoms with Crippen LogP contribution in [0, 0.1) is 5.92 Å². The summed E-state index contributed by atoms with van der Waals surface area (Å²) in [5.41, 5.74) is 2.04. The Bertz CT molecular complexity index is 399. The smallest absolute Gasteiger partial charge is 0.319 e. The third-order valence-electron chi connectivity index (χ3n) is 2.86. The van der Waals surface area contributed by atoms with Gasteiger partial charge in [-0.2, -0.15) is 0 Å². The third kappa shape index (κ3) is 7.14. The molecule has 0 aromatic heterocycles. The van der Waals surface area contributed by atoms with E-state index in [2.05, 4.69) is 29.8 Å². The van der Waals surface area contributed by atoms with E-state index in [4.69, 9.17) is 0 Å². The lowest BCUT2D eigenvalue weighted by Gasteiger charge is -2.11. The van der Waals surface area contributed by atoms with Crippen LogP contribution in [0.2, 0.25) is 0 Å². The van der Waals surface area contributed by atoms with Crippen molar-refractivity contribution in [3.05, 3.63) is 29.8 Å². The molecule has 0 atom stereocenters. The predicted octanol–water partition coefficient (Wildman–Crippen LogP) is 3.35. The summed E-state index contributed by atoms with van der Waals surface area (Å²) in [5, 5.41) is 9.03. The van der Waals surface area contributed by atoms with Gasteiger partial charge in [0, 0.05) is 18.3 Å². The van der Waals surface area contributed by atoms with Crippen molar-refractivity contribution in [1.29, 1.82) is 0 Å². The highest BCUT2D eigenvalue weighted by Gasteiger charge is 2.03. The van der Waals surface area contributed by atoms with Crippen molar-refractivity contribution in [3.8, 4) is 0 Å². The molecule has 0 saturated carbocycles. The molecule has 0 aliphatic rings. The van der Waals surface area contributed by atoms with Gasteiger partial charge in [0.25, 0.3) is 0 Å². The quantitative estimate of drug-likeness (QED) is 0.669. The van der Waals surface area contributed by atoms with Crippen molar-refractivity contribution in [3.63, 3.8) is 0 Å². The number of nitrogens with one attached hydrogen (secondary N) is 3. The second-order valence-corrected chi connectivity index (χ2v) is 5.81. The predicted molar refractivity (Wildman–Crippen MR) is 84.9 cm³/mol. The Labute approximate surface area is 122 Å². The monoisotopic (exact) mass is 277 g/mol. The van der Waals surface area contributed by atoms with E-state index in [1.165, 1.54) is 12.0 Å². The molecule has 3 N–H and O–H groups in total. The molecular formula is C16H27N3O. The van der Waals surface area contributed by atoms with Crippen LogP contribution >= 0.6 is 0 Å². The average molecular weight is 277 g/mol. The Kier molecular flexibility index (Phi) is 7.09. The van der Waals surface area contributed by atoms with Gasteiger partial charge in [-0.3, -0.25) is 0 Å². The fourth-order valence-corrected chi connectivity index (χ4v) is 1.76. The lowest BCUT2D eigenvalue weighted by molar-refractivity contribution is 0.250. The van der Waals surface area contributed by atoms with Crippen molar-refractivity contribution in [2.45, 2.75) is 46.7 Å². The molecule has 0 fully saturated rings. The van der Waals surface area contributed by atoms with Gasteiger partial charge in [0.15, 0.2) is 0 Å². The normalized spacial score (nSPS) is 10.9. The maximum atomic E-state index is 11.5. The largest absolute Gasteiger partial charge is 0.336 e. The molecule has 1 aromatic carbocycles. The molecular weight excluding hydrogens is 250 g/mol. The molecule has 1 rings (SSSR count). The summed E-state index contributed by atoms with van der Waals surface area (Å²) in [5.74, 6) is 0.730. The van der Waals surface area contributed by atoms with E-state index in [-0.39, 0.29) is 12.1 Å². The summed E-state index contributed by atoms with van der Waals surface area (Å²) in [7, 11) is 0. The van der Waals surface area contributed by atoms with E-state index in [0.29, 0.717) is 0 Å². The summed E-state index contributed by atoms with van der Waals surface area (Å²) < 4.78 is 0. The van der Waals surface area contributed by atoms with Crippen molar-refractivity contribution in [2.75, 3.05) is 11.9 Å². The molecule has 0 aliphatic heterocycles. The van der Waals surface area contributed by atoms with Gasteiger partial charge in [0.05, 0.1) is 0 Å². The molecule has 4 nitrogen and oxygen atoms in total. The molecule has 0 unspecified atom stereocenters. The maximum Gasteiger partial charge on any atom is 0.319 e. The Balaban J connectivity index is 2.34. The van der Waals surface area contributed by atoms with Gasteiger partial charge in [0.1, 0.15) is 0 Å². The minimum Gasteiger partial charge on any atom is -0.336 e. The van der Waals surface area contributed by atoms with Crippen LogP contribution in [0.25, 0.3) is 0 Å². The molecule has 0 bridgehead atoms. The summed E-state index contributed by atoms with van der Waals surface area (Å²) in [6.07, 6.45) is 1.19. The number of rotatable bonds is 7. The van der Waals surface area contributed by atoms with Crippen molar-refractivity contribution >= 4 is 11.7 Å². The van der Waals surface area contributed by atoms with Crippen LogP contribution in [0.4, 0.5) is 10.5 Å². The number of anilines is 1. The molecule has 0 heterocycles. The van der Waals surface area contributed by atoms with E-state index in [1.54, 1.807) is 0 Å². The summed E-state index contributed by atoms with van der Waals surface area (Å²) in [6, 6.07) is 7.90. The first-order valence-corrected chi connectivity index (χ1v) is 7.34. The van der Waals surface area contributed by atoms with Crippen LogP contribution in [0.5, 0.6) is 0 Å². The van der Waals surface area contributed by atoms with Crippen LogP contribution in [-0.2, 0) is 6.54 Å². The van der Waals surface area contributed by atoms with Crippen LogP contribution in [-0.4, -0.2) is 18.6 Å². The van der Waals surface area contributed by atoms with E-state index in [0.717, 1.165) is 24.7 Å². The fraction of sp³-hybridized carbons (Fsp3) is 0.562. The highest BCUT2D eigenvalue weighted by molar-refractivity contribution is 5.89. The Hall–Kier alpha value is -1.55. The molecule has 20 heavy (non-hydrogen) atoms. The molecule has 1 aromatic rings. The van der Waals surface area contributed by atoms with Gasteiger partial charge in [-0.25, -0.2) is 4.79 Å². The Morgan fingerprint density at radius 2 is 1.75 bits per heavy atom. The number of hydrogen-bond acceptors (Lipinski definition) is 2. The molecule has 0 saturated heterocycles. The van der Waals surface area contributed by atoms with Gasteiger partial charge in [-0.1, -0.05) is 26.0 Å². The zero-order valence-corrected chi connectivity index (χ0v) is 13.0. The van der Waals surface area contributed by atoms with Gasteiger partial charge in [-0.15, -0.1) is 0 Å². The van der Waals surface area contributed by atoms with Crippen LogP contribution in [0.15, 0.2) is 24.3 Å². The molecule has 4 heteroatoms. The first kappa shape index (κ1) is 16.5. The number of urea groups is 1. The summed E-state index contributed by atoms with van der Waals surface area (Å²) in [4.78, 5) is 11.5. The lowest BCUT2D eigenvalue weighted by Crippen LogP contribution is -2.34. The molecule has 0 radical (unpaired) electrons. The highest BCUT2D eigenvalue weighted by atomic mass is 16.2. The van der Waals surface area contributed by atoms with Crippen molar-refractivity contribution in [2.24, 2.45) is 5.92 Å². The maximum absolute atomic E-state index is 11.5. The SMILES string of the molecule is CC(C)CCNCc1ccc(NC(=O)NC(C)C)cc1. The van der Waals surface area contributed by atoms with Crippen molar-refractivity contribution < 1.29 is 4.79 Å². The zero-order valence-electron chi connectivity index (χ0n) is 13.0. The number of carbonyl (C=O) groups excluding carboxylic acids is 1. The third-order valence-corrected chi connectivity index (χ3v) is 2.86. The number of carbonyl (C=O) groups is 1. The van der Waals surface area contributed by atoms with E-state index in [9.17, 15) is 4.79 Å². The second kappa shape index (κ2) is 8.59. The number of amides is 2. The average Bonchev–Trinajstić information content (AvgIpc) is 2.35. The van der Waals surface area contributed by atoms with E-state index < -0.39 is 0 Å².